The van der Waals surface area contributed by atoms with Crippen molar-refractivity contribution in [1.82, 2.24) is 14.6 Å². The molecule has 20 heavy (non-hydrogen) atoms. The summed E-state index contributed by atoms with van der Waals surface area (Å²) in [6, 6.07) is -2.61. The zero-order chi connectivity index (χ0) is 26.1. The Morgan fingerprint density at radius 3 is 3.10 bits per heavy atom. The number of aryl methyl sites for hydroxylation is 1. The van der Waals surface area contributed by atoms with E-state index in [1.807, 2.05) is 0 Å². The Balaban J connectivity index is 2.97. The van der Waals surface area contributed by atoms with Gasteiger partial charge in [0.2, 0.25) is 10.0 Å². The number of hydrogen-bond donors (Lipinski definition) is 2. The molecule has 6 heteroatoms. The number of nitrogens with one attached hydrogen (secondary N) is 2. The molecule has 0 aliphatic rings. The van der Waals surface area contributed by atoms with Crippen LogP contribution in [-0.2, 0) is 22.1 Å². The fourth-order valence-corrected chi connectivity index (χ4v) is 1.99. The predicted molar refractivity (Wildman–Crippen MR) is 82.2 cm³/mol. The van der Waals surface area contributed by atoms with E-state index in [0.717, 1.165) is 4.90 Å². The molecule has 0 bridgehead atoms. The van der Waals surface area contributed by atoms with Crippen molar-refractivity contribution in [2.75, 3.05) is 27.6 Å². The van der Waals surface area contributed by atoms with Crippen LogP contribution in [0.3, 0.4) is 0 Å². The van der Waals surface area contributed by atoms with E-state index in [1.165, 1.54) is 14.1 Å². The fraction of sp³-hybridized carbons (Fsp3) is 0.429. The highest BCUT2D eigenvalue weighted by molar-refractivity contribution is 7.88. The average Bonchev–Trinajstić information content (AvgIpc) is 2.93. The first-order valence-corrected chi connectivity index (χ1v) is 7.06. The lowest BCUT2D eigenvalue weighted by Crippen LogP contribution is -2.20. The van der Waals surface area contributed by atoms with Gasteiger partial charge >= 0.3 is 0 Å². The Hall–Kier alpha value is -1.37. The van der Waals surface area contributed by atoms with Gasteiger partial charge in [-0.3, -0.25) is 0 Å². The molecule has 2 aromatic rings. The third-order valence-corrected chi connectivity index (χ3v) is 3.18. The number of aromatic amines is 1. The van der Waals surface area contributed by atoms with Crippen LogP contribution in [0.5, 0.6) is 0 Å². The van der Waals surface area contributed by atoms with E-state index in [-0.39, 0.29) is 4.98 Å². The summed E-state index contributed by atoms with van der Waals surface area (Å²) in [6.07, 6.45) is -3.95. The summed E-state index contributed by atoms with van der Waals surface area (Å²) in [5, 5.41) is -0.623. The van der Waals surface area contributed by atoms with Crippen LogP contribution in [0, 0.1) is 0 Å². The molecule has 0 saturated heterocycles. The lowest BCUT2D eigenvalue weighted by molar-refractivity contribution is 0.414. The van der Waals surface area contributed by atoms with Crippen molar-refractivity contribution >= 4 is 20.9 Å². The summed E-state index contributed by atoms with van der Waals surface area (Å²) < 4.78 is 127. The van der Waals surface area contributed by atoms with Crippen LogP contribution in [0.15, 0.2) is 24.3 Å². The van der Waals surface area contributed by atoms with Crippen molar-refractivity contribution in [1.29, 1.82) is 0 Å². The molecule has 0 spiro atoms. The molecule has 1 aromatic carbocycles. The number of nitrogens with zero attached hydrogens (tertiary/aromatic N) is 1. The number of benzene rings is 1. The molecule has 1 heterocycles. The summed E-state index contributed by atoms with van der Waals surface area (Å²) >= 11 is 0. The second-order valence-electron chi connectivity index (χ2n) is 4.12. The van der Waals surface area contributed by atoms with Gasteiger partial charge in [0.1, 0.15) is 1.41 Å². The lowest BCUT2D eigenvalue weighted by atomic mass is 10.1. The van der Waals surface area contributed by atoms with Crippen LogP contribution in [0.1, 0.15) is 26.2 Å². The van der Waals surface area contributed by atoms with E-state index < -0.39 is 86.7 Å². The first-order valence-electron chi connectivity index (χ1n) is 11.8. The van der Waals surface area contributed by atoms with E-state index in [0.29, 0.717) is 0 Å². The predicted octanol–water partition coefficient (Wildman–Crippen LogP) is 1.32. The van der Waals surface area contributed by atoms with Gasteiger partial charge in [0.05, 0.1) is 11.2 Å². The Morgan fingerprint density at radius 2 is 2.40 bits per heavy atom. The van der Waals surface area contributed by atoms with E-state index in [2.05, 4.69) is 0 Å². The SMILES string of the molecule is [2H]c1c(CS(=O)(=O)N([2H])C([2H])([2H])[2H])c([2H])c2c(C([2H])([2H])C([2H])([2H])N(C)C)c([2H])n([2H])c2c1[2H]. The van der Waals surface area contributed by atoms with Crippen molar-refractivity contribution in [3.63, 3.8) is 0 Å². The molecule has 1 aromatic heterocycles. The molecule has 110 valence electrons. The van der Waals surface area contributed by atoms with Crippen molar-refractivity contribution in [2.45, 2.75) is 12.1 Å². The Kier molecular flexibility index (Phi) is 1.62. The number of aromatic nitrogens is 1. The van der Waals surface area contributed by atoms with Gasteiger partial charge in [0, 0.05) is 33.2 Å². The molecule has 0 amide bonds. The molecule has 0 unspecified atom stereocenters. The van der Waals surface area contributed by atoms with Crippen molar-refractivity contribution < 1.29 is 26.3 Å². The zero-order valence-electron chi connectivity index (χ0n) is 23.8. The Bertz CT molecular complexity index is 1200. The summed E-state index contributed by atoms with van der Waals surface area (Å²) in [4.78, 5) is 1.12. The summed E-state index contributed by atoms with van der Waals surface area (Å²) in [5.74, 6) is -1.37. The van der Waals surface area contributed by atoms with Crippen molar-refractivity contribution in [3.8, 4) is 0 Å². The third-order valence-electron chi connectivity index (χ3n) is 2.24. The van der Waals surface area contributed by atoms with Gasteiger partial charge in [-0.1, -0.05) is 6.04 Å². The third kappa shape index (κ3) is 3.59. The molecule has 0 aliphatic heterocycles. The number of rotatable bonds is 6. The average molecular weight is 308 g/mol. The number of hydrogen-bond acceptors (Lipinski definition) is 3. The van der Waals surface area contributed by atoms with Crippen LogP contribution in [0.4, 0.5) is 0 Å². The highest BCUT2D eigenvalue weighted by Crippen LogP contribution is 2.21. The number of sulfonamides is 1. The van der Waals surface area contributed by atoms with Crippen LogP contribution in [-0.4, -0.2) is 45.9 Å². The smallest absolute Gasteiger partial charge is 0.215 e. The molecule has 0 fully saturated rings. The molecule has 0 radical (unpaired) electrons. The van der Waals surface area contributed by atoms with Gasteiger partial charge in [-0.2, -0.15) is 0 Å². The maximum Gasteiger partial charge on any atom is 0.215 e. The summed E-state index contributed by atoms with van der Waals surface area (Å²) in [7, 11) is -2.52. The lowest BCUT2D eigenvalue weighted by Gasteiger charge is -2.08. The van der Waals surface area contributed by atoms with Crippen LogP contribution in [0.2, 0.25) is 2.82 Å². The van der Waals surface area contributed by atoms with E-state index >= 15 is 0 Å². The second-order valence-corrected chi connectivity index (χ2v) is 5.76. The number of fused-ring (bicyclic) bond motifs is 1. The first kappa shape index (κ1) is 5.44. The van der Waals surface area contributed by atoms with Gasteiger partial charge in [-0.15, -0.1) is 0 Å². The highest BCUT2D eigenvalue weighted by atomic mass is 32.2. The summed E-state index contributed by atoms with van der Waals surface area (Å²) in [6.45, 7) is -6.17. The first-order chi connectivity index (χ1) is 14.6. The minimum Gasteiger partial charge on any atom is -0.361 e. The molecule has 0 atom stereocenters. The zero-order valence-corrected chi connectivity index (χ0v) is 11.6. The Labute approximate surface area is 138 Å². The molecule has 2 rings (SSSR count). The minimum absolute atomic E-state index is 0.254. The van der Waals surface area contributed by atoms with E-state index in [9.17, 15) is 8.42 Å². The molecular weight excluding hydrogens is 274 g/mol. The highest BCUT2D eigenvalue weighted by Gasteiger charge is 2.11. The monoisotopic (exact) mass is 308 g/mol. The second kappa shape index (κ2) is 5.95. The summed E-state index contributed by atoms with van der Waals surface area (Å²) in [5.41, 5.74) is -2.13. The quantitative estimate of drug-likeness (QED) is 0.846. The Morgan fingerprint density at radius 1 is 1.60 bits per heavy atom. The standard InChI is InChI=1S/C14H21N3O2S/c1-15-20(18,19)10-11-4-5-14-13(8-11)12(9-16-14)6-7-17(2)3/h4-5,8-9,15-16H,6-7,10H2,1-3H3/i1D3,4D,5D,6D2,7D2,8D,9D/hD2. The van der Waals surface area contributed by atoms with E-state index in [1.54, 1.807) is 0 Å². The van der Waals surface area contributed by atoms with Gasteiger partial charge in [-0.05, 0) is 50.7 Å². The molecule has 5 nitrogen and oxygen atoms in total. The van der Waals surface area contributed by atoms with Gasteiger partial charge in [-0.25, -0.2) is 13.1 Å². The van der Waals surface area contributed by atoms with Gasteiger partial charge < -0.3 is 9.88 Å². The number of H-pyrrole nitrogens is 1. The molecule has 0 saturated carbocycles. The molecular formula is C14H21N3O2S. The van der Waals surface area contributed by atoms with Crippen molar-refractivity contribution in [3.05, 3.63) is 35.4 Å². The van der Waals surface area contributed by atoms with E-state index in [4.69, 9.17) is 17.9 Å². The minimum atomic E-state index is -4.96. The fourth-order valence-electron chi connectivity index (χ4n) is 1.42. The largest absolute Gasteiger partial charge is 0.361 e. The maximum absolute atomic E-state index is 12.4. The normalized spacial score (nSPS) is 24.1. The molecule has 0 aliphatic carbocycles. The van der Waals surface area contributed by atoms with Crippen molar-refractivity contribution in [2.24, 2.45) is 0 Å². The van der Waals surface area contributed by atoms with Crippen LogP contribution >= 0.6 is 0 Å². The number of likely N-dealkylation sites (N-methyl/N-ethyl adjacent to an activating group) is 1. The van der Waals surface area contributed by atoms with Crippen LogP contribution < -0.4 is 4.72 Å². The van der Waals surface area contributed by atoms with Gasteiger partial charge in [0.25, 0.3) is 0 Å². The van der Waals surface area contributed by atoms with Crippen LogP contribution in [0.25, 0.3) is 10.9 Å². The molecule has 2 N–H and O–H groups in total. The van der Waals surface area contributed by atoms with Gasteiger partial charge in [0.15, 0.2) is 1.41 Å². The topological polar surface area (TPSA) is 65.2 Å². The maximum atomic E-state index is 12.4.